The predicted octanol–water partition coefficient (Wildman–Crippen LogP) is 1.65. The van der Waals surface area contributed by atoms with Gasteiger partial charge in [0.1, 0.15) is 12.3 Å². The fourth-order valence-corrected chi connectivity index (χ4v) is 3.78. The third kappa shape index (κ3) is 4.47. The number of unbranched alkanes of at least 4 members (excludes halogenated alkanes) is 1. The number of amides is 3. The average Bonchev–Trinajstić information content (AvgIpc) is 3.05. The summed E-state index contributed by atoms with van der Waals surface area (Å²) in [6, 6.07) is -0.492. The lowest BCUT2D eigenvalue weighted by molar-refractivity contribution is -0.157. The van der Waals surface area contributed by atoms with Gasteiger partial charge >= 0.3 is 6.01 Å². The van der Waals surface area contributed by atoms with Crippen LogP contribution in [0.1, 0.15) is 45.4 Å². The maximum Gasteiger partial charge on any atom is 0.301 e. The molecule has 3 rings (SSSR count). The van der Waals surface area contributed by atoms with Crippen molar-refractivity contribution in [2.24, 2.45) is 11.3 Å². The van der Waals surface area contributed by atoms with Gasteiger partial charge < -0.3 is 9.32 Å². The second-order valence-corrected chi connectivity index (χ2v) is 7.58. The zero-order valence-corrected chi connectivity index (χ0v) is 15.5. The van der Waals surface area contributed by atoms with E-state index in [-0.39, 0.29) is 29.8 Å². The minimum atomic E-state index is -0.598. The fourth-order valence-electron chi connectivity index (χ4n) is 3.78. The highest BCUT2D eigenvalue weighted by molar-refractivity contribution is 5.96. The normalized spacial score (nSPS) is 21.1. The van der Waals surface area contributed by atoms with Crippen LogP contribution in [0.2, 0.25) is 0 Å². The number of carbonyl (C=O) groups excluding carboxylic acids is 3. The monoisotopic (exact) mass is 378 g/mol. The second kappa shape index (κ2) is 8.08. The number of aromatic nitrogens is 1. The first kappa shape index (κ1) is 19.3. The van der Waals surface area contributed by atoms with Crippen molar-refractivity contribution in [3.05, 3.63) is 12.5 Å². The molecule has 1 spiro atoms. The average molecular weight is 378 g/mol. The topological polar surface area (TPSA) is 116 Å². The SMILES string of the molecule is CCCC[C@H](CN(O)C=O)C(=O)N1CC2(CC2)C[C@H]1C(=O)Nc1ncco1. The summed E-state index contributed by atoms with van der Waals surface area (Å²) in [6.45, 7) is 2.48. The third-order valence-electron chi connectivity index (χ3n) is 5.50. The van der Waals surface area contributed by atoms with Gasteiger partial charge in [0, 0.05) is 6.54 Å². The Bertz CT molecular complexity index is 673. The molecule has 3 amide bonds. The van der Waals surface area contributed by atoms with Crippen LogP contribution in [0.15, 0.2) is 16.9 Å². The summed E-state index contributed by atoms with van der Waals surface area (Å²) in [4.78, 5) is 42.2. The number of hydrogen-bond acceptors (Lipinski definition) is 6. The van der Waals surface area contributed by atoms with Crippen molar-refractivity contribution in [1.29, 1.82) is 0 Å². The Hall–Kier alpha value is -2.42. The van der Waals surface area contributed by atoms with Gasteiger partial charge in [0.05, 0.1) is 18.7 Å². The number of hydroxylamine groups is 2. The van der Waals surface area contributed by atoms with Gasteiger partial charge in [-0.2, -0.15) is 0 Å². The number of likely N-dealkylation sites (tertiary alicyclic amines) is 1. The Kier molecular flexibility index (Phi) is 5.79. The Morgan fingerprint density at radius 3 is 2.93 bits per heavy atom. The van der Waals surface area contributed by atoms with Gasteiger partial charge in [-0.25, -0.2) is 10.0 Å². The summed E-state index contributed by atoms with van der Waals surface area (Å²) in [5, 5.41) is 12.7. The molecule has 2 fully saturated rings. The first-order valence-corrected chi connectivity index (χ1v) is 9.39. The van der Waals surface area contributed by atoms with Crippen molar-refractivity contribution in [1.82, 2.24) is 14.9 Å². The van der Waals surface area contributed by atoms with Crippen LogP contribution in [-0.4, -0.2) is 57.5 Å². The maximum atomic E-state index is 13.2. The molecule has 1 aromatic heterocycles. The van der Waals surface area contributed by atoms with E-state index in [1.54, 1.807) is 4.90 Å². The highest BCUT2D eigenvalue weighted by atomic mass is 16.5. The fraction of sp³-hybridized carbons (Fsp3) is 0.667. The second-order valence-electron chi connectivity index (χ2n) is 7.58. The molecule has 1 aromatic rings. The van der Waals surface area contributed by atoms with E-state index in [1.807, 2.05) is 6.92 Å². The molecular weight excluding hydrogens is 352 g/mol. The number of nitrogens with zero attached hydrogens (tertiary/aromatic N) is 3. The molecule has 0 aromatic carbocycles. The summed E-state index contributed by atoms with van der Waals surface area (Å²) in [6.07, 6.45) is 7.96. The van der Waals surface area contributed by atoms with Gasteiger partial charge in [0.2, 0.25) is 12.3 Å². The van der Waals surface area contributed by atoms with Crippen molar-refractivity contribution < 1.29 is 24.0 Å². The number of hydrogen-bond donors (Lipinski definition) is 2. The van der Waals surface area contributed by atoms with Crippen LogP contribution in [0.25, 0.3) is 0 Å². The predicted molar refractivity (Wildman–Crippen MR) is 94.5 cm³/mol. The number of anilines is 1. The number of oxazole rings is 1. The summed E-state index contributed by atoms with van der Waals surface area (Å²) in [7, 11) is 0. The number of carbonyl (C=O) groups is 3. The van der Waals surface area contributed by atoms with Gasteiger partial charge in [-0.15, -0.1) is 0 Å². The zero-order chi connectivity index (χ0) is 19.4. The van der Waals surface area contributed by atoms with Crippen LogP contribution < -0.4 is 5.32 Å². The molecule has 0 radical (unpaired) electrons. The smallest absolute Gasteiger partial charge is 0.301 e. The van der Waals surface area contributed by atoms with E-state index in [0.29, 0.717) is 30.9 Å². The highest BCUT2D eigenvalue weighted by Gasteiger charge is 2.55. The molecule has 1 saturated carbocycles. The van der Waals surface area contributed by atoms with Crippen LogP contribution in [0.3, 0.4) is 0 Å². The van der Waals surface area contributed by atoms with E-state index in [2.05, 4.69) is 10.3 Å². The zero-order valence-electron chi connectivity index (χ0n) is 15.5. The van der Waals surface area contributed by atoms with Gasteiger partial charge in [0.25, 0.3) is 5.91 Å². The Balaban J connectivity index is 1.74. The molecule has 0 unspecified atom stereocenters. The van der Waals surface area contributed by atoms with Gasteiger partial charge in [-0.05, 0) is 31.1 Å². The van der Waals surface area contributed by atoms with E-state index < -0.39 is 12.0 Å². The molecule has 1 saturated heterocycles. The molecule has 27 heavy (non-hydrogen) atoms. The molecule has 9 nitrogen and oxygen atoms in total. The lowest BCUT2D eigenvalue weighted by atomic mass is 9.99. The van der Waals surface area contributed by atoms with Crippen molar-refractivity contribution in [3.8, 4) is 0 Å². The lowest BCUT2D eigenvalue weighted by Crippen LogP contribution is -2.47. The maximum absolute atomic E-state index is 13.2. The van der Waals surface area contributed by atoms with Crippen LogP contribution in [-0.2, 0) is 14.4 Å². The van der Waals surface area contributed by atoms with Crippen molar-refractivity contribution >= 4 is 24.2 Å². The first-order chi connectivity index (χ1) is 13.0. The van der Waals surface area contributed by atoms with E-state index in [4.69, 9.17) is 4.42 Å². The summed E-state index contributed by atoms with van der Waals surface area (Å²) in [5.74, 6) is -1.05. The molecule has 1 aliphatic carbocycles. The van der Waals surface area contributed by atoms with Crippen LogP contribution in [0.5, 0.6) is 0 Å². The summed E-state index contributed by atoms with van der Waals surface area (Å²) in [5.41, 5.74) is 0.0210. The van der Waals surface area contributed by atoms with Crippen molar-refractivity contribution in [3.63, 3.8) is 0 Å². The third-order valence-corrected chi connectivity index (χ3v) is 5.50. The van der Waals surface area contributed by atoms with E-state index >= 15 is 0 Å². The van der Waals surface area contributed by atoms with Crippen molar-refractivity contribution in [2.45, 2.75) is 51.5 Å². The molecule has 2 atom stereocenters. The van der Waals surface area contributed by atoms with Gasteiger partial charge in [-0.1, -0.05) is 19.8 Å². The van der Waals surface area contributed by atoms with E-state index in [0.717, 1.165) is 25.7 Å². The standard InChI is InChI=1S/C18H26N4O5/c1-2-3-4-13(10-21(26)12-23)16(25)22-11-18(5-6-18)9-14(22)15(24)20-17-19-7-8-27-17/h7-8,12-14,26H,2-6,9-11H2,1H3,(H,19,20,24)/t13-,14+/m1/s1. The minimum Gasteiger partial charge on any atom is -0.432 e. The molecule has 9 heteroatoms. The largest absolute Gasteiger partial charge is 0.432 e. The Morgan fingerprint density at radius 1 is 1.56 bits per heavy atom. The summed E-state index contributed by atoms with van der Waals surface area (Å²) < 4.78 is 5.07. The van der Waals surface area contributed by atoms with Gasteiger partial charge in [-0.3, -0.25) is 24.9 Å². The molecule has 0 bridgehead atoms. The van der Waals surface area contributed by atoms with E-state index in [1.165, 1.54) is 12.5 Å². The first-order valence-electron chi connectivity index (χ1n) is 9.39. The highest BCUT2D eigenvalue weighted by Crippen LogP contribution is 2.55. The molecule has 148 valence electrons. The Morgan fingerprint density at radius 2 is 2.33 bits per heavy atom. The number of rotatable bonds is 9. The minimum absolute atomic E-state index is 0.0210. The van der Waals surface area contributed by atoms with Crippen LogP contribution in [0.4, 0.5) is 6.01 Å². The van der Waals surface area contributed by atoms with Gasteiger partial charge in [0.15, 0.2) is 0 Å². The Labute approximate surface area is 157 Å². The van der Waals surface area contributed by atoms with E-state index in [9.17, 15) is 19.6 Å². The lowest BCUT2D eigenvalue weighted by Gasteiger charge is -2.29. The quantitative estimate of drug-likeness (QED) is 0.383. The van der Waals surface area contributed by atoms with Crippen LogP contribution >= 0.6 is 0 Å². The molecule has 2 N–H and O–H groups in total. The molecule has 2 aliphatic rings. The number of nitrogens with one attached hydrogen (secondary N) is 1. The van der Waals surface area contributed by atoms with Crippen molar-refractivity contribution in [2.75, 3.05) is 18.4 Å². The molecule has 2 heterocycles. The molecule has 1 aliphatic heterocycles. The molecular formula is C18H26N4O5. The summed E-state index contributed by atoms with van der Waals surface area (Å²) >= 11 is 0. The van der Waals surface area contributed by atoms with Crippen LogP contribution in [0, 0.1) is 11.3 Å².